The van der Waals surface area contributed by atoms with Gasteiger partial charge in [0.2, 0.25) is 6.04 Å². The van der Waals surface area contributed by atoms with Crippen LogP contribution in [0.1, 0.15) is 52.9 Å². The molecule has 0 saturated carbocycles. The van der Waals surface area contributed by atoms with Gasteiger partial charge in [-0.3, -0.25) is 4.79 Å². The zero-order chi connectivity index (χ0) is 17.2. The Bertz CT molecular complexity index is 393. The van der Waals surface area contributed by atoms with E-state index in [-0.39, 0.29) is 19.3 Å². The number of hydrogen-bond donors (Lipinski definition) is 1. The Balaban J connectivity index is 2.45. The number of carbonyl (C=O) groups excluding carboxylic acids is 3. The van der Waals surface area contributed by atoms with Gasteiger partial charge in [0, 0.05) is 0 Å². The van der Waals surface area contributed by atoms with Crippen molar-refractivity contribution in [1.29, 1.82) is 0 Å². The Morgan fingerprint density at radius 1 is 1.00 bits per heavy atom. The lowest BCUT2D eigenvalue weighted by Crippen LogP contribution is -2.49. The summed E-state index contributed by atoms with van der Waals surface area (Å²) in [6.07, 6.45) is 4.51. The normalized spacial score (nSPS) is 19.3. The number of hydrogen-bond acceptors (Lipinski definition) is 6. The fraction of sp³-hybridized carbons (Fsp3) is 0.812. The van der Waals surface area contributed by atoms with E-state index < -0.39 is 30.0 Å². The van der Waals surface area contributed by atoms with Crippen molar-refractivity contribution in [2.75, 3.05) is 13.2 Å². The van der Waals surface area contributed by atoms with Crippen LogP contribution in [0, 0.1) is 0 Å². The largest absolute Gasteiger partial charge is 0.464 e. The van der Waals surface area contributed by atoms with E-state index in [2.05, 4.69) is 12.2 Å². The highest BCUT2D eigenvalue weighted by molar-refractivity contribution is 6.03. The lowest BCUT2D eigenvalue weighted by molar-refractivity contribution is -0.159. The summed E-state index contributed by atoms with van der Waals surface area (Å²) < 4.78 is 14.9. The van der Waals surface area contributed by atoms with Gasteiger partial charge >= 0.3 is 11.9 Å². The molecule has 1 saturated heterocycles. The number of rotatable bonds is 11. The van der Waals surface area contributed by atoms with Crippen LogP contribution in [0.2, 0.25) is 0 Å². The minimum atomic E-state index is -1.44. The third-order valence-electron chi connectivity index (χ3n) is 3.51. The molecule has 1 fully saturated rings. The second kappa shape index (κ2) is 10.2. The van der Waals surface area contributed by atoms with Crippen molar-refractivity contribution >= 4 is 17.8 Å². The summed E-state index contributed by atoms with van der Waals surface area (Å²) in [5.41, 5.74) is 0. The van der Waals surface area contributed by atoms with Crippen molar-refractivity contribution < 1.29 is 28.6 Å². The molecule has 23 heavy (non-hydrogen) atoms. The highest BCUT2D eigenvalue weighted by atomic mass is 16.6. The molecule has 1 N–H and O–H groups in total. The maximum atomic E-state index is 12.1. The van der Waals surface area contributed by atoms with Crippen LogP contribution < -0.4 is 5.32 Å². The van der Waals surface area contributed by atoms with Gasteiger partial charge in [0.25, 0.3) is 5.91 Å². The molecular weight excluding hydrogens is 302 g/mol. The quantitative estimate of drug-likeness (QED) is 0.266. The van der Waals surface area contributed by atoms with Crippen LogP contribution in [0.4, 0.5) is 0 Å². The van der Waals surface area contributed by atoms with E-state index >= 15 is 0 Å². The molecule has 0 spiro atoms. The molecule has 132 valence electrons. The lowest BCUT2D eigenvalue weighted by Gasteiger charge is -2.15. The molecule has 0 radical (unpaired) electrons. The molecule has 7 nitrogen and oxygen atoms in total. The number of amides is 1. The van der Waals surface area contributed by atoms with Crippen molar-refractivity contribution in [2.45, 2.75) is 71.1 Å². The van der Waals surface area contributed by atoms with Crippen molar-refractivity contribution in [1.82, 2.24) is 5.32 Å². The van der Waals surface area contributed by atoms with E-state index in [1.165, 1.54) is 0 Å². The van der Waals surface area contributed by atoms with E-state index in [0.29, 0.717) is 0 Å². The Labute approximate surface area is 137 Å². The Hall–Kier alpha value is -1.63. The summed E-state index contributed by atoms with van der Waals surface area (Å²) in [6, 6.07) is -1.44. The fourth-order valence-electron chi connectivity index (χ4n) is 2.25. The van der Waals surface area contributed by atoms with Crippen LogP contribution >= 0.6 is 0 Å². The minimum Gasteiger partial charge on any atom is -0.464 e. The molecule has 0 unspecified atom stereocenters. The molecular formula is C16H27NO6. The average molecular weight is 329 g/mol. The third kappa shape index (κ3) is 6.56. The van der Waals surface area contributed by atoms with Crippen LogP contribution in [0.15, 0.2) is 0 Å². The molecule has 1 rings (SSSR count). The molecule has 0 aliphatic carbocycles. The summed E-state index contributed by atoms with van der Waals surface area (Å²) >= 11 is 0. The number of unbranched alkanes of at least 4 members (excludes halogenated alkanes) is 3. The van der Waals surface area contributed by atoms with Gasteiger partial charge in [-0.2, -0.15) is 0 Å². The van der Waals surface area contributed by atoms with Gasteiger partial charge in [-0.25, -0.2) is 9.59 Å². The Kier molecular flexibility index (Phi) is 8.61. The molecule has 0 aromatic heterocycles. The minimum absolute atomic E-state index is 0.116. The van der Waals surface area contributed by atoms with E-state index in [4.69, 9.17) is 14.2 Å². The second-order valence-corrected chi connectivity index (χ2v) is 5.39. The first-order valence-corrected chi connectivity index (χ1v) is 8.34. The number of carbonyl (C=O) groups is 3. The van der Waals surface area contributed by atoms with Gasteiger partial charge in [-0.15, -0.1) is 0 Å². The zero-order valence-corrected chi connectivity index (χ0v) is 14.1. The second-order valence-electron chi connectivity index (χ2n) is 5.39. The predicted molar refractivity (Wildman–Crippen MR) is 82.6 cm³/mol. The standard InChI is InChI=1S/C16H27NO6/c1-4-7-8-9-10-11-13(23-11)14(18)17-12(15(19)21-5-2)16(20)22-6-3/h11-13H,4-10H2,1-3H3,(H,17,18)/t11-,13+/m0/s1. The third-order valence-corrected chi connectivity index (χ3v) is 3.51. The van der Waals surface area contributed by atoms with E-state index in [0.717, 1.165) is 32.1 Å². The van der Waals surface area contributed by atoms with Crippen molar-refractivity contribution in [2.24, 2.45) is 0 Å². The molecule has 7 heteroatoms. The van der Waals surface area contributed by atoms with E-state index in [1.54, 1.807) is 13.8 Å². The van der Waals surface area contributed by atoms with Crippen LogP contribution in [-0.4, -0.2) is 49.3 Å². The van der Waals surface area contributed by atoms with Crippen LogP contribution in [0.25, 0.3) is 0 Å². The molecule has 0 bridgehead atoms. The maximum Gasteiger partial charge on any atom is 0.340 e. The zero-order valence-electron chi connectivity index (χ0n) is 14.1. The van der Waals surface area contributed by atoms with Gasteiger partial charge in [0.1, 0.15) is 0 Å². The number of epoxide rings is 1. The lowest BCUT2D eigenvalue weighted by atomic mass is 10.1. The number of esters is 2. The molecule has 0 aromatic rings. The van der Waals surface area contributed by atoms with Crippen LogP contribution in [0.5, 0.6) is 0 Å². The van der Waals surface area contributed by atoms with Gasteiger partial charge in [-0.1, -0.05) is 32.6 Å². The molecule has 2 atom stereocenters. The summed E-state index contributed by atoms with van der Waals surface area (Å²) in [7, 11) is 0. The number of nitrogens with one attached hydrogen (secondary N) is 1. The smallest absolute Gasteiger partial charge is 0.340 e. The van der Waals surface area contributed by atoms with Gasteiger partial charge in [0.15, 0.2) is 6.10 Å². The first-order chi connectivity index (χ1) is 11.0. The average Bonchev–Trinajstić information content (AvgIpc) is 3.29. The predicted octanol–water partition coefficient (Wildman–Crippen LogP) is 1.34. The van der Waals surface area contributed by atoms with Gasteiger partial charge in [-0.05, 0) is 20.3 Å². The molecule has 1 aliphatic rings. The first kappa shape index (κ1) is 19.4. The molecule has 1 amide bonds. The van der Waals surface area contributed by atoms with Crippen LogP contribution in [0.3, 0.4) is 0 Å². The van der Waals surface area contributed by atoms with E-state index in [1.807, 2.05) is 0 Å². The van der Waals surface area contributed by atoms with Crippen molar-refractivity contribution in [3.8, 4) is 0 Å². The Morgan fingerprint density at radius 2 is 1.61 bits per heavy atom. The molecule has 0 aromatic carbocycles. The monoisotopic (exact) mass is 329 g/mol. The van der Waals surface area contributed by atoms with Gasteiger partial charge < -0.3 is 19.5 Å². The van der Waals surface area contributed by atoms with Crippen molar-refractivity contribution in [3.05, 3.63) is 0 Å². The topological polar surface area (TPSA) is 94.2 Å². The Morgan fingerprint density at radius 3 is 2.13 bits per heavy atom. The van der Waals surface area contributed by atoms with Crippen LogP contribution in [-0.2, 0) is 28.6 Å². The molecule has 1 heterocycles. The summed E-state index contributed by atoms with van der Waals surface area (Å²) in [6.45, 7) is 5.61. The van der Waals surface area contributed by atoms with Gasteiger partial charge in [0.05, 0.1) is 19.3 Å². The summed E-state index contributed by atoms with van der Waals surface area (Å²) in [5, 5.41) is 2.37. The maximum absolute atomic E-state index is 12.1. The summed E-state index contributed by atoms with van der Waals surface area (Å²) in [5.74, 6) is -2.12. The molecule has 1 aliphatic heterocycles. The first-order valence-electron chi connectivity index (χ1n) is 8.34. The highest BCUT2D eigenvalue weighted by Crippen LogP contribution is 2.27. The van der Waals surface area contributed by atoms with E-state index in [9.17, 15) is 14.4 Å². The summed E-state index contributed by atoms with van der Waals surface area (Å²) in [4.78, 5) is 35.7. The van der Waals surface area contributed by atoms with Crippen molar-refractivity contribution in [3.63, 3.8) is 0 Å². The highest BCUT2D eigenvalue weighted by Gasteiger charge is 2.46. The fourth-order valence-corrected chi connectivity index (χ4v) is 2.25. The number of ether oxygens (including phenoxy) is 3. The SMILES string of the molecule is CCCCCC[C@@H]1O[C@H]1C(=O)NC(C(=O)OCC)C(=O)OCC.